The maximum absolute atomic E-state index is 12.0. The maximum Gasteiger partial charge on any atom is 0.337 e. The molecule has 0 fully saturated rings. The number of aliphatic hydroxyl groups is 1. The Morgan fingerprint density at radius 3 is 2.38 bits per heavy atom. The molecule has 0 spiro atoms. The van der Waals surface area contributed by atoms with Crippen molar-refractivity contribution in [2.45, 2.75) is 12.5 Å². The minimum absolute atomic E-state index is 0.0177. The summed E-state index contributed by atoms with van der Waals surface area (Å²) in [5, 5.41) is 20.5. The lowest BCUT2D eigenvalue weighted by molar-refractivity contribution is -0.155. The van der Waals surface area contributed by atoms with Crippen molar-refractivity contribution < 1.29 is 28.2 Å². The Hall–Kier alpha value is -2.13. The highest BCUT2D eigenvalue weighted by Crippen LogP contribution is 2.16. The number of sulfonamides is 1. The van der Waals surface area contributed by atoms with Gasteiger partial charge >= 0.3 is 5.97 Å². The summed E-state index contributed by atoms with van der Waals surface area (Å²) in [4.78, 5) is 22.7. The molecule has 1 aromatic rings. The van der Waals surface area contributed by atoms with E-state index < -0.39 is 34.0 Å². The molecule has 1 aromatic carbocycles. The highest BCUT2D eigenvalue weighted by molar-refractivity contribution is 7.92. The van der Waals surface area contributed by atoms with Crippen LogP contribution in [0.1, 0.15) is 17.3 Å². The predicted molar refractivity (Wildman–Crippen MR) is 75.5 cm³/mol. The summed E-state index contributed by atoms with van der Waals surface area (Å²) in [5.74, 6) is -2.19. The minimum Gasteiger partial charge on any atom is -0.479 e. The summed E-state index contributed by atoms with van der Waals surface area (Å²) >= 11 is 0. The molecular weight excluding hydrogens is 300 g/mol. The summed E-state index contributed by atoms with van der Waals surface area (Å²) in [5.41, 5.74) is -2.04. The molecule has 116 valence electrons. The second kappa shape index (κ2) is 6.10. The highest BCUT2D eigenvalue weighted by atomic mass is 32.2. The molecule has 0 saturated heterocycles. The Balaban J connectivity index is 2.91. The third-order valence-corrected chi connectivity index (χ3v) is 3.11. The zero-order chi connectivity index (χ0) is 16.3. The third-order valence-electron chi connectivity index (χ3n) is 2.52. The number of aliphatic carboxylic acids is 1. The van der Waals surface area contributed by atoms with Crippen LogP contribution in [0.2, 0.25) is 0 Å². The van der Waals surface area contributed by atoms with Crippen LogP contribution in [0.4, 0.5) is 5.69 Å². The number of nitrogens with one attached hydrogen (secondary N) is 2. The molecular formula is C12H16N2O6S. The zero-order valence-electron chi connectivity index (χ0n) is 11.5. The molecule has 0 heterocycles. The number of amides is 1. The second-order valence-electron chi connectivity index (χ2n) is 4.68. The van der Waals surface area contributed by atoms with Gasteiger partial charge in [0.15, 0.2) is 5.60 Å². The molecule has 1 amide bonds. The second-order valence-corrected chi connectivity index (χ2v) is 6.43. The van der Waals surface area contributed by atoms with Crippen molar-refractivity contribution in [3.63, 3.8) is 0 Å². The van der Waals surface area contributed by atoms with Gasteiger partial charge < -0.3 is 15.5 Å². The molecule has 4 N–H and O–H groups in total. The van der Waals surface area contributed by atoms with E-state index in [2.05, 4.69) is 10.0 Å². The van der Waals surface area contributed by atoms with Crippen molar-refractivity contribution >= 4 is 27.6 Å². The first kappa shape index (κ1) is 16.9. The third kappa shape index (κ3) is 5.04. The van der Waals surface area contributed by atoms with Crippen LogP contribution in [0.3, 0.4) is 0 Å². The van der Waals surface area contributed by atoms with Crippen LogP contribution in [-0.2, 0) is 14.8 Å². The van der Waals surface area contributed by atoms with Crippen LogP contribution in [0.15, 0.2) is 24.3 Å². The number of carboxylic acids is 1. The Morgan fingerprint density at radius 1 is 1.29 bits per heavy atom. The molecule has 1 atom stereocenters. The number of carbonyl (C=O) groups excluding carboxylic acids is 1. The largest absolute Gasteiger partial charge is 0.479 e. The first-order valence-electron chi connectivity index (χ1n) is 5.84. The lowest BCUT2D eigenvalue weighted by Crippen LogP contribution is -2.46. The van der Waals surface area contributed by atoms with E-state index in [1.165, 1.54) is 24.3 Å². The van der Waals surface area contributed by atoms with E-state index in [1.54, 1.807) is 0 Å². The van der Waals surface area contributed by atoms with Gasteiger partial charge in [-0.15, -0.1) is 0 Å². The molecule has 0 bridgehead atoms. The van der Waals surface area contributed by atoms with E-state index in [-0.39, 0.29) is 11.3 Å². The molecule has 8 nitrogen and oxygen atoms in total. The van der Waals surface area contributed by atoms with Gasteiger partial charge in [-0.25, -0.2) is 13.2 Å². The molecule has 0 aliphatic carbocycles. The summed E-state index contributed by atoms with van der Waals surface area (Å²) in [6, 6.07) is 5.83. The van der Waals surface area contributed by atoms with Gasteiger partial charge in [0.1, 0.15) is 0 Å². The number of carbonyl (C=O) groups is 2. The molecule has 0 aliphatic rings. The molecule has 1 unspecified atom stereocenters. The Kier molecular flexibility index (Phi) is 4.92. The summed E-state index contributed by atoms with van der Waals surface area (Å²) in [6.45, 7) is 0.518. The fourth-order valence-electron chi connectivity index (χ4n) is 1.39. The van der Waals surface area contributed by atoms with E-state index in [9.17, 15) is 23.1 Å². The van der Waals surface area contributed by atoms with Crippen molar-refractivity contribution in [3.05, 3.63) is 29.8 Å². The topological polar surface area (TPSA) is 133 Å². The van der Waals surface area contributed by atoms with Gasteiger partial charge in [0.05, 0.1) is 24.1 Å². The molecule has 0 saturated carbocycles. The van der Waals surface area contributed by atoms with Crippen LogP contribution in [0.5, 0.6) is 0 Å². The molecule has 0 radical (unpaired) electrons. The number of anilines is 1. The Bertz CT molecular complexity index is 653. The monoisotopic (exact) mass is 316 g/mol. The molecule has 21 heavy (non-hydrogen) atoms. The van der Waals surface area contributed by atoms with Crippen LogP contribution in [-0.4, -0.2) is 48.9 Å². The molecule has 0 aliphatic heterocycles. The van der Waals surface area contributed by atoms with Crippen LogP contribution >= 0.6 is 0 Å². The fourth-order valence-corrected chi connectivity index (χ4v) is 1.97. The lowest BCUT2D eigenvalue weighted by atomic mass is 10.1. The van der Waals surface area contributed by atoms with Gasteiger partial charge in [-0.05, 0) is 19.1 Å². The first-order valence-corrected chi connectivity index (χ1v) is 7.73. The van der Waals surface area contributed by atoms with Crippen molar-refractivity contribution in [2.75, 3.05) is 17.5 Å². The molecule has 1 rings (SSSR count). The van der Waals surface area contributed by atoms with Crippen molar-refractivity contribution in [1.82, 2.24) is 5.32 Å². The smallest absolute Gasteiger partial charge is 0.337 e. The molecule has 0 aromatic heterocycles. The normalized spacial score (nSPS) is 14.0. The first-order chi connectivity index (χ1) is 9.53. The van der Waals surface area contributed by atoms with E-state index in [4.69, 9.17) is 5.11 Å². The molecule has 9 heteroatoms. The number of hydrogen-bond donors (Lipinski definition) is 4. The summed E-state index contributed by atoms with van der Waals surface area (Å²) < 4.78 is 24.6. The van der Waals surface area contributed by atoms with E-state index >= 15 is 0 Å². The maximum atomic E-state index is 12.0. The standard InChI is InChI=1S/C12H16N2O6S/c1-12(18,11(16)17)7-13-10(15)8-5-3-4-6-9(8)14-21(2,19)20/h3-6,14,18H,7H2,1-2H3,(H,13,15)(H,16,17). The SMILES string of the molecule is CC(O)(CNC(=O)c1ccccc1NS(C)(=O)=O)C(=O)O. The number of rotatable bonds is 6. The van der Waals surface area contributed by atoms with Crippen LogP contribution < -0.4 is 10.0 Å². The van der Waals surface area contributed by atoms with E-state index in [0.717, 1.165) is 13.2 Å². The number of para-hydroxylation sites is 1. The van der Waals surface area contributed by atoms with Gasteiger partial charge in [0.2, 0.25) is 10.0 Å². The predicted octanol–water partition coefficient (Wildman–Crippen LogP) is -0.376. The van der Waals surface area contributed by atoms with Crippen molar-refractivity contribution in [1.29, 1.82) is 0 Å². The van der Waals surface area contributed by atoms with Gasteiger partial charge in [0.25, 0.3) is 5.91 Å². The van der Waals surface area contributed by atoms with Gasteiger partial charge in [0, 0.05) is 0 Å². The fraction of sp³-hybridized carbons (Fsp3) is 0.333. The minimum atomic E-state index is -3.56. The average Bonchev–Trinajstić information content (AvgIpc) is 2.34. The van der Waals surface area contributed by atoms with Crippen LogP contribution in [0, 0.1) is 0 Å². The number of hydrogen-bond acceptors (Lipinski definition) is 5. The highest BCUT2D eigenvalue weighted by Gasteiger charge is 2.30. The Morgan fingerprint density at radius 2 is 1.86 bits per heavy atom. The Labute approximate surface area is 121 Å². The zero-order valence-corrected chi connectivity index (χ0v) is 12.3. The number of benzene rings is 1. The van der Waals surface area contributed by atoms with Crippen LogP contribution in [0.25, 0.3) is 0 Å². The summed E-state index contributed by atoms with van der Waals surface area (Å²) in [7, 11) is -3.56. The van der Waals surface area contributed by atoms with Crippen molar-refractivity contribution in [2.24, 2.45) is 0 Å². The van der Waals surface area contributed by atoms with Gasteiger partial charge in [-0.2, -0.15) is 0 Å². The van der Waals surface area contributed by atoms with Crippen molar-refractivity contribution in [3.8, 4) is 0 Å². The lowest BCUT2D eigenvalue weighted by Gasteiger charge is -2.19. The van der Waals surface area contributed by atoms with E-state index in [0.29, 0.717) is 0 Å². The van der Waals surface area contributed by atoms with Gasteiger partial charge in [-0.3, -0.25) is 9.52 Å². The van der Waals surface area contributed by atoms with Gasteiger partial charge in [-0.1, -0.05) is 12.1 Å². The average molecular weight is 316 g/mol. The quantitative estimate of drug-likeness (QED) is 0.565. The van der Waals surface area contributed by atoms with E-state index in [1.807, 2.05) is 0 Å². The number of carboxylic acid groups (broad SMARTS) is 1. The summed E-state index contributed by atoms with van der Waals surface area (Å²) in [6.07, 6.45) is 0.941.